The van der Waals surface area contributed by atoms with Gasteiger partial charge in [0.25, 0.3) is 0 Å². The zero-order chi connectivity index (χ0) is 24.2. The average Bonchev–Trinajstić information content (AvgIpc) is 3.71. The number of nitrogens with one attached hydrogen (secondary N) is 2. The van der Waals surface area contributed by atoms with Gasteiger partial charge < -0.3 is 24.5 Å². The number of furan rings is 1. The maximum absolute atomic E-state index is 6.08. The normalized spacial score (nSPS) is 14.8. The topological polar surface area (TPSA) is 80.4 Å². The first kappa shape index (κ1) is 22.2. The summed E-state index contributed by atoms with van der Waals surface area (Å²) in [4.78, 5) is 8.94. The molecule has 0 amide bonds. The van der Waals surface area contributed by atoms with Crippen molar-refractivity contribution in [3.63, 3.8) is 0 Å². The molecule has 0 spiro atoms. The van der Waals surface area contributed by atoms with E-state index >= 15 is 0 Å². The monoisotopic (exact) mass is 480 g/mol. The van der Waals surface area contributed by atoms with Gasteiger partial charge in [0.05, 0.1) is 26.3 Å². The Balaban J connectivity index is 0.991. The van der Waals surface area contributed by atoms with Crippen molar-refractivity contribution in [2.45, 2.75) is 6.42 Å². The predicted molar refractivity (Wildman–Crippen MR) is 143 cm³/mol. The van der Waals surface area contributed by atoms with Crippen molar-refractivity contribution < 1.29 is 13.9 Å². The summed E-state index contributed by atoms with van der Waals surface area (Å²) in [7, 11) is 0. The summed E-state index contributed by atoms with van der Waals surface area (Å²) in [6, 6.07) is 24.3. The lowest BCUT2D eigenvalue weighted by molar-refractivity contribution is 0.247. The molecule has 3 aromatic carbocycles. The van der Waals surface area contributed by atoms with Crippen molar-refractivity contribution >= 4 is 22.6 Å². The van der Waals surface area contributed by atoms with Crippen molar-refractivity contribution in [1.29, 1.82) is 0 Å². The second-order valence-electron chi connectivity index (χ2n) is 8.78. The summed E-state index contributed by atoms with van der Waals surface area (Å²) in [5.74, 6) is 4.44. The third-order valence-corrected chi connectivity index (χ3v) is 6.23. The Morgan fingerprint density at radius 2 is 1.25 bits per heavy atom. The van der Waals surface area contributed by atoms with Crippen LogP contribution >= 0.6 is 0 Å². The molecule has 2 aliphatic rings. The van der Waals surface area contributed by atoms with E-state index in [2.05, 4.69) is 32.8 Å². The maximum Gasteiger partial charge on any atom is 0.135 e. The van der Waals surface area contributed by atoms with Crippen LogP contribution in [0, 0.1) is 0 Å². The van der Waals surface area contributed by atoms with Crippen LogP contribution in [0.4, 0.5) is 0 Å². The van der Waals surface area contributed by atoms with Gasteiger partial charge in [-0.05, 0) is 72.8 Å². The molecule has 36 heavy (non-hydrogen) atoms. The number of hydrogen-bond donors (Lipinski definition) is 2. The number of hydrogen-bond acceptors (Lipinski definition) is 7. The second kappa shape index (κ2) is 10.2. The molecule has 0 bridgehead atoms. The molecule has 4 aromatic rings. The van der Waals surface area contributed by atoms with Crippen molar-refractivity contribution in [3.05, 3.63) is 83.9 Å². The minimum Gasteiger partial charge on any atom is -0.493 e. The van der Waals surface area contributed by atoms with Gasteiger partial charge >= 0.3 is 0 Å². The molecule has 6 rings (SSSR count). The molecule has 7 nitrogen and oxygen atoms in total. The van der Waals surface area contributed by atoms with Crippen LogP contribution in [0.5, 0.6) is 11.5 Å². The Morgan fingerprint density at radius 3 is 1.86 bits per heavy atom. The molecule has 2 N–H and O–H groups in total. The van der Waals surface area contributed by atoms with Gasteiger partial charge in [0.1, 0.15) is 34.5 Å². The lowest BCUT2D eigenvalue weighted by Gasteiger charge is -2.09. The molecular weight excluding hydrogens is 452 g/mol. The third kappa shape index (κ3) is 4.91. The van der Waals surface area contributed by atoms with Crippen molar-refractivity contribution in [2.24, 2.45) is 9.98 Å². The Hall–Kier alpha value is -4.26. The molecule has 0 saturated heterocycles. The molecule has 0 fully saturated rings. The zero-order valence-corrected chi connectivity index (χ0v) is 20.0. The van der Waals surface area contributed by atoms with Gasteiger partial charge in [-0.15, -0.1) is 0 Å². The van der Waals surface area contributed by atoms with E-state index in [9.17, 15) is 0 Å². The quantitative estimate of drug-likeness (QED) is 0.341. The number of benzene rings is 3. The molecule has 0 radical (unpaired) electrons. The second-order valence-corrected chi connectivity index (χ2v) is 8.78. The van der Waals surface area contributed by atoms with Crippen LogP contribution in [0.1, 0.15) is 17.5 Å². The lowest BCUT2D eigenvalue weighted by atomic mass is 10.1. The zero-order valence-electron chi connectivity index (χ0n) is 20.0. The lowest BCUT2D eigenvalue weighted by Crippen LogP contribution is -2.19. The van der Waals surface area contributed by atoms with Crippen LogP contribution in [0.15, 0.2) is 87.2 Å². The molecular formula is C29H28N4O3. The highest BCUT2D eigenvalue weighted by molar-refractivity contribution is 6.02. The van der Waals surface area contributed by atoms with Crippen LogP contribution in [-0.2, 0) is 0 Å². The van der Waals surface area contributed by atoms with E-state index in [-0.39, 0.29) is 0 Å². The molecule has 2 aliphatic heterocycles. The number of fused-ring (bicyclic) bond motifs is 1. The average molecular weight is 481 g/mol. The first-order valence-corrected chi connectivity index (χ1v) is 12.4. The molecule has 1 aromatic heterocycles. The van der Waals surface area contributed by atoms with Gasteiger partial charge in [0.2, 0.25) is 0 Å². The third-order valence-electron chi connectivity index (χ3n) is 6.23. The van der Waals surface area contributed by atoms with Gasteiger partial charge in [-0.25, -0.2) is 0 Å². The van der Waals surface area contributed by atoms with Crippen LogP contribution < -0.4 is 20.1 Å². The number of rotatable bonds is 9. The first-order chi connectivity index (χ1) is 17.8. The Bertz CT molecular complexity index is 1400. The summed E-state index contributed by atoms with van der Waals surface area (Å²) < 4.78 is 17.8. The summed E-state index contributed by atoms with van der Waals surface area (Å²) in [5.41, 5.74) is 4.07. The van der Waals surface area contributed by atoms with Crippen molar-refractivity contribution in [1.82, 2.24) is 10.6 Å². The summed E-state index contributed by atoms with van der Waals surface area (Å²) in [5, 5.41) is 7.67. The van der Waals surface area contributed by atoms with E-state index in [0.29, 0.717) is 13.2 Å². The molecule has 7 heteroatoms. The van der Waals surface area contributed by atoms with E-state index in [1.54, 1.807) is 0 Å². The minimum atomic E-state index is 0.587. The molecule has 0 aliphatic carbocycles. The minimum absolute atomic E-state index is 0.587. The molecule has 0 saturated carbocycles. The van der Waals surface area contributed by atoms with Gasteiger partial charge in [-0.3, -0.25) is 9.98 Å². The summed E-state index contributed by atoms with van der Waals surface area (Å²) in [6.07, 6.45) is 0.795. The van der Waals surface area contributed by atoms with Gasteiger partial charge in [-0.1, -0.05) is 0 Å². The fourth-order valence-electron chi connectivity index (χ4n) is 4.38. The van der Waals surface area contributed by atoms with Crippen molar-refractivity contribution in [3.8, 4) is 22.8 Å². The summed E-state index contributed by atoms with van der Waals surface area (Å²) >= 11 is 0. The highest BCUT2D eigenvalue weighted by Crippen LogP contribution is 2.30. The van der Waals surface area contributed by atoms with E-state index < -0.39 is 0 Å². The van der Waals surface area contributed by atoms with E-state index in [0.717, 1.165) is 89.2 Å². The van der Waals surface area contributed by atoms with Gasteiger partial charge in [0, 0.05) is 41.6 Å². The Morgan fingerprint density at radius 1 is 0.667 bits per heavy atom. The highest BCUT2D eigenvalue weighted by Gasteiger charge is 2.12. The van der Waals surface area contributed by atoms with Gasteiger partial charge in [-0.2, -0.15) is 0 Å². The number of ether oxygens (including phenoxy) is 2. The molecule has 3 heterocycles. The van der Waals surface area contributed by atoms with Gasteiger partial charge in [0.15, 0.2) is 0 Å². The SMILES string of the molecule is c1cc(C2=NCCN2)ccc1OCCCOc1ccc(-c2cc3cc(C4=NCCN4)ccc3o2)cc1. The maximum atomic E-state index is 6.08. The van der Waals surface area contributed by atoms with Crippen LogP contribution in [-0.4, -0.2) is 51.1 Å². The number of aliphatic imine (C=N–C) groups is 2. The van der Waals surface area contributed by atoms with Crippen LogP contribution in [0.3, 0.4) is 0 Å². The number of amidine groups is 2. The molecule has 0 atom stereocenters. The smallest absolute Gasteiger partial charge is 0.135 e. The summed E-state index contributed by atoms with van der Waals surface area (Å²) in [6.45, 7) is 4.66. The van der Waals surface area contributed by atoms with Crippen LogP contribution in [0.2, 0.25) is 0 Å². The largest absolute Gasteiger partial charge is 0.493 e. The predicted octanol–water partition coefficient (Wildman–Crippen LogP) is 4.65. The van der Waals surface area contributed by atoms with E-state index in [1.165, 1.54) is 0 Å². The van der Waals surface area contributed by atoms with Crippen molar-refractivity contribution in [2.75, 3.05) is 39.4 Å². The van der Waals surface area contributed by atoms with Crippen LogP contribution in [0.25, 0.3) is 22.3 Å². The standard InChI is InChI=1S/C29H28N4O3/c1(17-35-25-9-4-21(5-10-25)28-30-12-13-31-28)16-34-24-7-2-20(3-8-24)27-19-23-18-22(6-11-26(23)36-27)29-32-14-15-33-29/h2-11,18-19H,1,12-17H2,(H,30,31)(H,32,33). The Labute approximate surface area is 209 Å². The van der Waals surface area contributed by atoms with E-state index in [4.69, 9.17) is 13.9 Å². The fraction of sp³-hybridized carbons (Fsp3) is 0.241. The Kier molecular flexibility index (Phi) is 6.27. The molecule has 0 unspecified atom stereocenters. The van der Waals surface area contributed by atoms with E-state index in [1.807, 2.05) is 60.7 Å². The number of nitrogens with zero attached hydrogens (tertiary/aromatic N) is 2. The molecule has 182 valence electrons. The fourth-order valence-corrected chi connectivity index (χ4v) is 4.38. The highest BCUT2D eigenvalue weighted by atomic mass is 16.5. The first-order valence-electron chi connectivity index (χ1n) is 12.4.